The molecule has 0 saturated carbocycles. The maximum Gasteiger partial charge on any atom is 0.222 e. The summed E-state index contributed by atoms with van der Waals surface area (Å²) in [5, 5.41) is 0. The number of carbonyl (C=O) groups is 1. The number of rotatable bonds is 8. The maximum absolute atomic E-state index is 12.3. The minimum absolute atomic E-state index is 0.139. The summed E-state index contributed by atoms with van der Waals surface area (Å²) in [6, 6.07) is 3.91. The molecule has 0 aliphatic heterocycles. The molecule has 0 radical (unpaired) electrons. The average molecular weight is 277 g/mol. The second-order valence-electron chi connectivity index (χ2n) is 5.97. The lowest BCUT2D eigenvalue weighted by Gasteiger charge is -2.26. The molecule has 0 aliphatic rings. The molecule has 0 unspecified atom stereocenters. The summed E-state index contributed by atoms with van der Waals surface area (Å²) in [7, 11) is 0. The Labute approximate surface area is 122 Å². The number of amides is 1. The first kappa shape index (κ1) is 16.6. The molecule has 1 rings (SSSR count). The Hall–Kier alpha value is -1.42. The van der Waals surface area contributed by atoms with Crippen LogP contribution in [0.5, 0.6) is 0 Å². The third-order valence-electron chi connectivity index (χ3n) is 3.69. The van der Waals surface area contributed by atoms with Gasteiger partial charge in [-0.2, -0.15) is 0 Å². The van der Waals surface area contributed by atoms with Gasteiger partial charge in [0.05, 0.1) is 0 Å². The van der Waals surface area contributed by atoms with Gasteiger partial charge in [-0.15, -0.1) is 0 Å². The lowest BCUT2D eigenvalue weighted by molar-refractivity contribution is -0.132. The summed E-state index contributed by atoms with van der Waals surface area (Å²) in [4.78, 5) is 18.2. The van der Waals surface area contributed by atoms with Crippen LogP contribution in [0.1, 0.15) is 45.6 Å². The Balaban J connectivity index is 2.51. The molecule has 0 aromatic carbocycles. The normalized spacial score (nSPS) is 11.4. The van der Waals surface area contributed by atoms with Crippen LogP contribution in [0.3, 0.4) is 0 Å². The molecule has 2 N–H and O–H groups in total. The van der Waals surface area contributed by atoms with E-state index in [1.807, 2.05) is 24.0 Å². The number of hydrogen-bond acceptors (Lipinski definition) is 3. The summed E-state index contributed by atoms with van der Waals surface area (Å²) in [5.41, 5.74) is 6.87. The molecule has 0 saturated heterocycles. The quantitative estimate of drug-likeness (QED) is 0.794. The molecular formula is C16H27N3O. The van der Waals surface area contributed by atoms with Crippen molar-refractivity contribution < 1.29 is 4.79 Å². The van der Waals surface area contributed by atoms with E-state index in [1.165, 1.54) is 0 Å². The summed E-state index contributed by atoms with van der Waals surface area (Å²) >= 11 is 0. The fourth-order valence-corrected chi connectivity index (χ4v) is 2.20. The van der Waals surface area contributed by atoms with Crippen molar-refractivity contribution in [2.75, 3.05) is 13.1 Å². The van der Waals surface area contributed by atoms with E-state index in [9.17, 15) is 4.79 Å². The number of nitrogens with two attached hydrogens (primary N) is 1. The third-order valence-corrected chi connectivity index (χ3v) is 3.69. The molecule has 1 heterocycles. The van der Waals surface area contributed by atoms with Gasteiger partial charge in [-0.05, 0) is 49.4 Å². The van der Waals surface area contributed by atoms with E-state index in [1.54, 1.807) is 12.4 Å². The van der Waals surface area contributed by atoms with Crippen molar-refractivity contribution >= 4 is 5.91 Å². The lowest BCUT2D eigenvalue weighted by atomic mass is 9.84. The van der Waals surface area contributed by atoms with E-state index >= 15 is 0 Å². The highest BCUT2D eigenvalue weighted by Crippen LogP contribution is 2.26. The second-order valence-corrected chi connectivity index (χ2v) is 5.97. The SMILES string of the molecule is CCN(Cc1ccncc1)C(=O)CCC(C)(C)CCN. The molecular weight excluding hydrogens is 250 g/mol. The van der Waals surface area contributed by atoms with Crippen LogP contribution in [0.2, 0.25) is 0 Å². The Morgan fingerprint density at radius 2 is 1.95 bits per heavy atom. The Bertz CT molecular complexity index is 403. The van der Waals surface area contributed by atoms with Gasteiger partial charge in [-0.3, -0.25) is 9.78 Å². The number of hydrogen-bond donors (Lipinski definition) is 1. The van der Waals surface area contributed by atoms with Gasteiger partial charge >= 0.3 is 0 Å². The van der Waals surface area contributed by atoms with Crippen LogP contribution in [0.15, 0.2) is 24.5 Å². The topological polar surface area (TPSA) is 59.2 Å². The molecule has 1 aromatic rings. The summed E-state index contributed by atoms with van der Waals surface area (Å²) in [6.45, 7) is 8.44. The fourth-order valence-electron chi connectivity index (χ4n) is 2.20. The van der Waals surface area contributed by atoms with E-state index in [4.69, 9.17) is 5.73 Å². The minimum atomic E-state index is 0.139. The van der Waals surface area contributed by atoms with Crippen molar-refractivity contribution in [1.82, 2.24) is 9.88 Å². The molecule has 0 bridgehead atoms. The van der Waals surface area contributed by atoms with Crippen molar-refractivity contribution in [2.24, 2.45) is 11.1 Å². The zero-order valence-electron chi connectivity index (χ0n) is 12.9. The van der Waals surface area contributed by atoms with Crippen molar-refractivity contribution in [3.8, 4) is 0 Å². The van der Waals surface area contributed by atoms with Gasteiger partial charge in [0.2, 0.25) is 5.91 Å². The summed E-state index contributed by atoms with van der Waals surface area (Å²) < 4.78 is 0. The Morgan fingerprint density at radius 3 is 2.50 bits per heavy atom. The maximum atomic E-state index is 12.3. The molecule has 1 aromatic heterocycles. The summed E-state index contributed by atoms with van der Waals surface area (Å²) in [5.74, 6) is 0.217. The van der Waals surface area contributed by atoms with Gasteiger partial charge in [-0.1, -0.05) is 13.8 Å². The van der Waals surface area contributed by atoms with Crippen LogP contribution in [0.4, 0.5) is 0 Å². The third kappa shape index (κ3) is 5.70. The molecule has 0 spiro atoms. The van der Waals surface area contributed by atoms with Gasteiger partial charge in [0, 0.05) is 31.9 Å². The highest BCUT2D eigenvalue weighted by Gasteiger charge is 2.20. The smallest absolute Gasteiger partial charge is 0.222 e. The van der Waals surface area contributed by atoms with Crippen LogP contribution < -0.4 is 5.73 Å². The van der Waals surface area contributed by atoms with Crippen LogP contribution >= 0.6 is 0 Å². The Kier molecular flexibility index (Phi) is 6.65. The molecule has 4 nitrogen and oxygen atoms in total. The van der Waals surface area contributed by atoms with Crippen molar-refractivity contribution in [3.05, 3.63) is 30.1 Å². The molecule has 0 fully saturated rings. The first-order chi connectivity index (χ1) is 9.48. The first-order valence-corrected chi connectivity index (χ1v) is 7.35. The second kappa shape index (κ2) is 8.00. The van der Waals surface area contributed by atoms with Gasteiger partial charge in [0.1, 0.15) is 0 Å². The monoisotopic (exact) mass is 277 g/mol. The molecule has 0 atom stereocenters. The van der Waals surface area contributed by atoms with Gasteiger partial charge in [-0.25, -0.2) is 0 Å². The van der Waals surface area contributed by atoms with Gasteiger partial charge < -0.3 is 10.6 Å². The van der Waals surface area contributed by atoms with Crippen LogP contribution in [0, 0.1) is 5.41 Å². The standard InChI is InChI=1S/C16H27N3O/c1-4-19(13-14-6-11-18-12-7-14)15(20)5-8-16(2,3)9-10-17/h6-7,11-12H,4-5,8-10,13,17H2,1-3H3. The van der Waals surface area contributed by atoms with Gasteiger partial charge in [0.15, 0.2) is 0 Å². The van der Waals surface area contributed by atoms with E-state index < -0.39 is 0 Å². The van der Waals surface area contributed by atoms with Crippen LogP contribution in [0.25, 0.3) is 0 Å². The van der Waals surface area contributed by atoms with E-state index in [2.05, 4.69) is 18.8 Å². The van der Waals surface area contributed by atoms with Crippen molar-refractivity contribution in [1.29, 1.82) is 0 Å². The van der Waals surface area contributed by atoms with Crippen LogP contribution in [-0.2, 0) is 11.3 Å². The first-order valence-electron chi connectivity index (χ1n) is 7.35. The van der Waals surface area contributed by atoms with Crippen LogP contribution in [-0.4, -0.2) is 28.9 Å². The molecule has 0 aliphatic carbocycles. The van der Waals surface area contributed by atoms with E-state index in [0.717, 1.165) is 24.9 Å². The highest BCUT2D eigenvalue weighted by atomic mass is 16.2. The molecule has 20 heavy (non-hydrogen) atoms. The van der Waals surface area contributed by atoms with E-state index in [0.29, 0.717) is 19.5 Å². The number of pyridine rings is 1. The van der Waals surface area contributed by atoms with E-state index in [-0.39, 0.29) is 11.3 Å². The molecule has 4 heteroatoms. The zero-order chi connectivity index (χ0) is 15.0. The van der Waals surface area contributed by atoms with Gasteiger partial charge in [0.25, 0.3) is 0 Å². The number of nitrogens with zero attached hydrogens (tertiary/aromatic N) is 2. The zero-order valence-corrected chi connectivity index (χ0v) is 12.9. The largest absolute Gasteiger partial charge is 0.339 e. The predicted molar refractivity (Wildman–Crippen MR) is 82.0 cm³/mol. The van der Waals surface area contributed by atoms with Crippen molar-refractivity contribution in [3.63, 3.8) is 0 Å². The molecule has 1 amide bonds. The highest BCUT2D eigenvalue weighted by molar-refractivity contribution is 5.76. The predicted octanol–water partition coefficient (Wildman–Crippen LogP) is 2.59. The average Bonchev–Trinajstić information content (AvgIpc) is 2.43. The number of aromatic nitrogens is 1. The molecule has 112 valence electrons. The summed E-state index contributed by atoms with van der Waals surface area (Å²) in [6.07, 6.45) is 5.95. The number of carbonyl (C=O) groups excluding carboxylic acids is 1. The Morgan fingerprint density at radius 1 is 1.30 bits per heavy atom. The fraction of sp³-hybridized carbons (Fsp3) is 0.625. The van der Waals surface area contributed by atoms with Crippen molar-refractivity contribution in [2.45, 2.75) is 46.6 Å². The lowest BCUT2D eigenvalue weighted by Crippen LogP contribution is -2.31. The minimum Gasteiger partial charge on any atom is -0.339 e.